The number of carbonyl (C=O) groups excluding carboxylic acids is 3. The fourth-order valence-corrected chi connectivity index (χ4v) is 7.83. The minimum atomic E-state index is -1.12. The number of carboxylic acid groups (broad SMARTS) is 1. The number of carbonyl (C=O) groups is 4. The molecule has 0 unspecified atom stereocenters. The van der Waals surface area contributed by atoms with E-state index in [-0.39, 0.29) is 36.5 Å². The Labute approximate surface area is 323 Å². The lowest BCUT2D eigenvalue weighted by atomic mass is 9.89. The number of rotatable bonds is 18. The van der Waals surface area contributed by atoms with Crippen LogP contribution in [0.1, 0.15) is 65.9 Å². The summed E-state index contributed by atoms with van der Waals surface area (Å²) in [5, 5.41) is 16.0. The van der Waals surface area contributed by atoms with Gasteiger partial charge in [0.2, 0.25) is 17.7 Å². The molecule has 1 aromatic rings. The van der Waals surface area contributed by atoms with E-state index < -0.39 is 54.2 Å². The number of likely N-dealkylation sites (N-methyl/N-ethyl adjacent to an activating group) is 1. The average molecular weight is 758 g/mol. The van der Waals surface area contributed by atoms with Gasteiger partial charge >= 0.3 is 5.97 Å². The van der Waals surface area contributed by atoms with Crippen LogP contribution in [0.15, 0.2) is 35.3 Å². The number of carboxylic acids is 1. The Morgan fingerprint density at radius 3 is 2.19 bits per heavy atom. The summed E-state index contributed by atoms with van der Waals surface area (Å²) in [7, 11) is 8.80. The van der Waals surface area contributed by atoms with Gasteiger partial charge in [-0.2, -0.15) is 0 Å². The molecule has 0 spiro atoms. The monoisotopic (exact) mass is 758 g/mol. The van der Waals surface area contributed by atoms with Crippen LogP contribution in [0.4, 0.5) is 0 Å². The van der Waals surface area contributed by atoms with Crippen molar-refractivity contribution in [2.24, 2.45) is 22.7 Å². The topological polar surface area (TPSA) is 156 Å². The molecule has 8 atom stereocenters. The molecule has 304 valence electrons. The maximum absolute atomic E-state index is 14.4. The molecule has 2 aliphatic rings. The molecule has 3 N–H and O–H groups in total. The maximum atomic E-state index is 14.4. The summed E-state index contributed by atoms with van der Waals surface area (Å²) in [4.78, 5) is 67.0. The van der Waals surface area contributed by atoms with Gasteiger partial charge in [0.15, 0.2) is 5.96 Å². The normalized spacial score (nSPS) is 20.4. The largest absolute Gasteiger partial charge is 0.480 e. The molecule has 2 heterocycles. The number of amides is 3. The first-order valence-electron chi connectivity index (χ1n) is 19.6. The van der Waals surface area contributed by atoms with Gasteiger partial charge < -0.3 is 44.8 Å². The number of benzene rings is 1. The second-order valence-electron chi connectivity index (χ2n) is 15.4. The van der Waals surface area contributed by atoms with Crippen molar-refractivity contribution >= 4 is 29.7 Å². The highest BCUT2D eigenvalue weighted by molar-refractivity contribution is 5.88. The molecular formula is C40H67N7O7. The number of aliphatic carboxylic acids is 1. The minimum Gasteiger partial charge on any atom is -0.480 e. The summed E-state index contributed by atoms with van der Waals surface area (Å²) in [5.74, 6) is -1.86. The number of ether oxygens (including phenoxy) is 2. The molecule has 3 amide bonds. The Hall–Kier alpha value is -3.75. The average Bonchev–Trinajstić information content (AvgIpc) is 3.64. The standard InChI is InChI=1S/C40H67N7O7/c1-11-27(4)35(45(8)38(50)34(26(2)3)43-40(44(6)7)46-22-19-41-20-23-46)32(53-9)25-33(48)47-21-15-18-31(47)36(54-10)28(5)37(49)42-30(39(51)52)24-29-16-13-12-14-17-29/h12-14,16-17,26-28,30-32,34-36,41H,11,15,18-25H2,1-10H3,(H,42,49)(H,51,52)/b43-40+/t27-,28+,30-,31-,32+,34-,35-,36+/m0/s1. The summed E-state index contributed by atoms with van der Waals surface area (Å²) < 4.78 is 12.0. The van der Waals surface area contributed by atoms with E-state index in [0.717, 1.165) is 50.5 Å². The second-order valence-corrected chi connectivity index (χ2v) is 15.4. The van der Waals surface area contributed by atoms with Crippen LogP contribution in [0.2, 0.25) is 0 Å². The van der Waals surface area contributed by atoms with E-state index in [1.165, 1.54) is 7.11 Å². The Balaban J connectivity index is 1.80. The number of methoxy groups -OCH3 is 2. The predicted octanol–water partition coefficient (Wildman–Crippen LogP) is 2.57. The number of piperazine rings is 1. The highest BCUT2D eigenvalue weighted by atomic mass is 16.5. The van der Waals surface area contributed by atoms with Crippen molar-refractivity contribution < 1.29 is 33.8 Å². The van der Waals surface area contributed by atoms with Crippen LogP contribution in [0, 0.1) is 17.8 Å². The van der Waals surface area contributed by atoms with E-state index >= 15 is 0 Å². The quantitative estimate of drug-likeness (QED) is 0.150. The van der Waals surface area contributed by atoms with Crippen molar-refractivity contribution in [2.45, 2.75) is 103 Å². The number of nitrogens with zero attached hydrogens (tertiary/aromatic N) is 5. The SMILES string of the molecule is CC[C@H](C)[C@@H]([C@@H](CC(=O)N1CCC[C@H]1[C@H](OC)[C@@H](C)C(=O)N[C@@H](Cc1ccccc1)C(=O)O)OC)N(C)C(=O)[C@@H](/N=C(\N(C)C)N1CCNCC1)C(C)C. The van der Waals surface area contributed by atoms with E-state index in [4.69, 9.17) is 14.5 Å². The third kappa shape index (κ3) is 11.6. The Morgan fingerprint density at radius 2 is 1.65 bits per heavy atom. The zero-order chi connectivity index (χ0) is 40.1. The van der Waals surface area contributed by atoms with Gasteiger partial charge in [-0.25, -0.2) is 9.79 Å². The number of likely N-dealkylation sites (tertiary alicyclic amines) is 1. The number of guanidine groups is 1. The van der Waals surface area contributed by atoms with E-state index in [0.29, 0.717) is 13.0 Å². The maximum Gasteiger partial charge on any atom is 0.326 e. The van der Waals surface area contributed by atoms with E-state index in [2.05, 4.69) is 29.4 Å². The summed E-state index contributed by atoms with van der Waals surface area (Å²) in [6.45, 7) is 13.7. The van der Waals surface area contributed by atoms with Crippen LogP contribution in [0.25, 0.3) is 0 Å². The highest BCUT2D eigenvalue weighted by Gasteiger charge is 2.43. The minimum absolute atomic E-state index is 0.0119. The fourth-order valence-electron chi connectivity index (χ4n) is 7.83. The smallest absolute Gasteiger partial charge is 0.326 e. The molecule has 0 aliphatic carbocycles. The Kier molecular flexibility index (Phi) is 17.7. The third-order valence-electron chi connectivity index (χ3n) is 11.1. The van der Waals surface area contributed by atoms with Crippen molar-refractivity contribution in [1.82, 2.24) is 30.2 Å². The lowest BCUT2D eigenvalue weighted by Crippen LogP contribution is -2.56. The first-order chi connectivity index (χ1) is 25.7. The second kappa shape index (κ2) is 21.4. The molecule has 3 rings (SSSR count). The first-order valence-corrected chi connectivity index (χ1v) is 19.6. The van der Waals surface area contributed by atoms with Crippen LogP contribution in [0.5, 0.6) is 0 Å². The highest BCUT2D eigenvalue weighted by Crippen LogP contribution is 2.30. The van der Waals surface area contributed by atoms with Crippen LogP contribution in [-0.2, 0) is 35.1 Å². The van der Waals surface area contributed by atoms with Gasteiger partial charge in [-0.3, -0.25) is 14.4 Å². The van der Waals surface area contributed by atoms with Gasteiger partial charge in [0.25, 0.3) is 0 Å². The molecule has 0 bridgehead atoms. The molecule has 14 heteroatoms. The van der Waals surface area contributed by atoms with Crippen molar-refractivity contribution in [1.29, 1.82) is 0 Å². The van der Waals surface area contributed by atoms with Gasteiger partial charge in [-0.05, 0) is 30.2 Å². The molecular weight excluding hydrogens is 690 g/mol. The van der Waals surface area contributed by atoms with Gasteiger partial charge in [0.1, 0.15) is 12.1 Å². The zero-order valence-electron chi connectivity index (χ0n) is 34.3. The lowest BCUT2D eigenvalue weighted by Gasteiger charge is -2.40. The van der Waals surface area contributed by atoms with Crippen molar-refractivity contribution in [3.63, 3.8) is 0 Å². The zero-order valence-corrected chi connectivity index (χ0v) is 34.3. The van der Waals surface area contributed by atoms with Crippen molar-refractivity contribution in [2.75, 3.05) is 68.1 Å². The molecule has 2 aliphatic heterocycles. The summed E-state index contributed by atoms with van der Waals surface area (Å²) >= 11 is 0. The van der Waals surface area contributed by atoms with Crippen LogP contribution >= 0.6 is 0 Å². The van der Waals surface area contributed by atoms with E-state index in [1.54, 1.807) is 30.9 Å². The summed E-state index contributed by atoms with van der Waals surface area (Å²) in [6.07, 6.45) is 1.05. The number of nitrogens with one attached hydrogen (secondary N) is 2. The summed E-state index contributed by atoms with van der Waals surface area (Å²) in [6, 6.07) is 6.61. The summed E-state index contributed by atoms with van der Waals surface area (Å²) in [5.41, 5.74) is 0.797. The Bertz CT molecular complexity index is 1390. The molecule has 2 fully saturated rings. The van der Waals surface area contributed by atoms with Gasteiger partial charge in [0, 0.05) is 74.5 Å². The van der Waals surface area contributed by atoms with Gasteiger partial charge in [-0.1, -0.05) is 71.4 Å². The van der Waals surface area contributed by atoms with E-state index in [1.807, 2.05) is 63.2 Å². The molecule has 1 aromatic carbocycles. The molecule has 0 aromatic heterocycles. The number of hydrogen-bond acceptors (Lipinski definition) is 8. The van der Waals surface area contributed by atoms with Gasteiger partial charge in [0.05, 0.1) is 36.6 Å². The Morgan fingerprint density at radius 1 is 1.00 bits per heavy atom. The lowest BCUT2D eigenvalue weighted by molar-refractivity contribution is -0.147. The van der Waals surface area contributed by atoms with Crippen molar-refractivity contribution in [3.05, 3.63) is 35.9 Å². The predicted molar refractivity (Wildman–Crippen MR) is 210 cm³/mol. The van der Waals surface area contributed by atoms with Crippen LogP contribution < -0.4 is 10.6 Å². The van der Waals surface area contributed by atoms with Crippen molar-refractivity contribution in [3.8, 4) is 0 Å². The third-order valence-corrected chi connectivity index (χ3v) is 11.1. The van der Waals surface area contributed by atoms with Crippen LogP contribution in [-0.4, -0.2) is 159 Å². The molecule has 0 saturated carbocycles. The molecule has 2 saturated heterocycles. The number of hydrogen-bond donors (Lipinski definition) is 3. The molecule has 14 nitrogen and oxygen atoms in total. The van der Waals surface area contributed by atoms with Gasteiger partial charge in [-0.15, -0.1) is 0 Å². The molecule has 54 heavy (non-hydrogen) atoms. The first kappa shape index (κ1) is 44.6. The fraction of sp³-hybridized carbons (Fsp3) is 0.725. The van der Waals surface area contributed by atoms with E-state index in [9.17, 15) is 24.3 Å². The molecule has 0 radical (unpaired) electrons. The van der Waals surface area contributed by atoms with Crippen LogP contribution in [0.3, 0.4) is 0 Å². The number of aliphatic imine (C=N–C) groups is 1.